The third kappa shape index (κ3) is 8.11. The van der Waals surface area contributed by atoms with Crippen LogP contribution in [0.1, 0.15) is 56.4 Å². The van der Waals surface area contributed by atoms with Crippen molar-refractivity contribution in [2.45, 2.75) is 72.6 Å². The molecule has 1 unspecified atom stereocenters. The van der Waals surface area contributed by atoms with E-state index in [1.165, 1.54) is 11.1 Å². The van der Waals surface area contributed by atoms with Gasteiger partial charge in [0.05, 0.1) is 6.10 Å². The van der Waals surface area contributed by atoms with Crippen molar-refractivity contribution in [3.05, 3.63) is 52.6 Å². The summed E-state index contributed by atoms with van der Waals surface area (Å²) >= 11 is 0. The first kappa shape index (κ1) is 30.3. The van der Waals surface area contributed by atoms with Crippen LogP contribution in [0.4, 0.5) is 0 Å². The van der Waals surface area contributed by atoms with Gasteiger partial charge in [-0.3, -0.25) is 4.79 Å². The minimum absolute atomic E-state index is 0.0765. The van der Waals surface area contributed by atoms with E-state index >= 15 is 0 Å². The average Bonchev–Trinajstić information content (AvgIpc) is 3.37. The molecule has 0 spiro atoms. The Morgan fingerprint density at radius 2 is 1.77 bits per heavy atom. The van der Waals surface area contributed by atoms with Gasteiger partial charge in [0.1, 0.15) is 18.5 Å². The fourth-order valence-electron chi connectivity index (χ4n) is 4.75. The van der Waals surface area contributed by atoms with E-state index in [0.29, 0.717) is 29.8 Å². The van der Waals surface area contributed by atoms with Crippen LogP contribution in [0.5, 0.6) is 5.75 Å². The van der Waals surface area contributed by atoms with Gasteiger partial charge in [0.25, 0.3) is 5.89 Å². The van der Waals surface area contributed by atoms with Crippen LogP contribution >= 0.6 is 0 Å². The fraction of sp³-hybridized carbons (Fsp3) is 0.500. The number of hydrogen-bond acceptors (Lipinski definition) is 8. The molecule has 0 saturated carbocycles. The number of hydrogen-bond donors (Lipinski definition) is 3. The Kier molecular flexibility index (Phi) is 10.6. The molecule has 9 heteroatoms. The average molecular weight is 539 g/mol. The molecule has 0 fully saturated rings. The largest absolute Gasteiger partial charge is 0.490 e. The maximum Gasteiger partial charge on any atom is 0.258 e. The number of aryl methyl sites for hydroxylation is 3. The lowest BCUT2D eigenvalue weighted by Crippen LogP contribution is -2.33. The van der Waals surface area contributed by atoms with E-state index in [0.717, 1.165) is 41.8 Å². The van der Waals surface area contributed by atoms with Crippen LogP contribution in [0.3, 0.4) is 0 Å². The fourth-order valence-corrected chi connectivity index (χ4v) is 4.75. The number of benzene rings is 2. The molecule has 39 heavy (non-hydrogen) atoms. The lowest BCUT2D eigenvalue weighted by Gasteiger charge is -2.20. The number of aliphatic hydroxyl groups excluding tert-OH is 2. The number of carbonyl (C=O) groups is 1. The van der Waals surface area contributed by atoms with E-state index in [1.54, 1.807) is 0 Å². The van der Waals surface area contributed by atoms with Crippen LogP contribution in [0.2, 0.25) is 0 Å². The molecule has 3 aromatic rings. The predicted molar refractivity (Wildman–Crippen MR) is 151 cm³/mol. The summed E-state index contributed by atoms with van der Waals surface area (Å²) in [5.41, 5.74) is 11.1. The van der Waals surface area contributed by atoms with Crippen LogP contribution in [0.15, 0.2) is 34.9 Å². The van der Waals surface area contributed by atoms with Gasteiger partial charge in [0.2, 0.25) is 11.7 Å². The highest BCUT2D eigenvalue weighted by molar-refractivity contribution is 5.78. The second-order valence-corrected chi connectivity index (χ2v) is 10.6. The highest BCUT2D eigenvalue weighted by Crippen LogP contribution is 2.32. The summed E-state index contributed by atoms with van der Waals surface area (Å²) < 4.78 is 11.5. The Balaban J connectivity index is 1.78. The normalized spacial score (nSPS) is 13.2. The number of nitrogens with two attached hydrogens (primary N) is 1. The van der Waals surface area contributed by atoms with Gasteiger partial charge in [-0.2, -0.15) is 4.98 Å². The number of aliphatic hydroxyl groups is 2. The molecule has 3 rings (SSSR count). The van der Waals surface area contributed by atoms with E-state index in [2.05, 4.69) is 55.0 Å². The van der Waals surface area contributed by atoms with E-state index < -0.39 is 18.1 Å². The molecule has 0 saturated heterocycles. The molecule has 0 aliphatic heterocycles. The maximum atomic E-state index is 11.0. The molecule has 9 nitrogen and oxygen atoms in total. The van der Waals surface area contributed by atoms with Crippen molar-refractivity contribution in [2.24, 2.45) is 11.7 Å². The van der Waals surface area contributed by atoms with Crippen LogP contribution < -0.4 is 10.5 Å². The number of nitrogens with zero attached hydrogens (tertiary/aromatic N) is 3. The standard InChI is InChI=1S/C30H42N4O5/c1-7-20-12-22(9-10-23(20)16-34(6)15-18(3)4)30-32-29(33-39-30)24-11-19(5)27(21(8-2)13-24)38-17-25(35)14-26(36)28(31)37/h9-13,18,25-26,35-36H,7-8,14-17H2,1-6H3,(H2,31,37)/t25-,26?/m0/s1. The molecule has 2 aromatic carbocycles. The van der Waals surface area contributed by atoms with Crippen molar-refractivity contribution < 1.29 is 24.3 Å². The first-order valence-electron chi connectivity index (χ1n) is 13.6. The second-order valence-electron chi connectivity index (χ2n) is 10.6. The molecule has 212 valence electrons. The SMILES string of the molecule is CCc1cc(-c2nc(-c3cc(C)c(OC[C@@H](O)CC(O)C(N)=O)c(CC)c3)no2)ccc1CN(C)CC(C)C. The molecular weight excluding hydrogens is 496 g/mol. The molecular formula is C30H42N4O5. The molecule has 0 aliphatic carbocycles. The summed E-state index contributed by atoms with van der Waals surface area (Å²) in [6.45, 7) is 12.4. The first-order valence-corrected chi connectivity index (χ1v) is 13.6. The lowest BCUT2D eigenvalue weighted by atomic mass is 10.0. The molecule has 0 radical (unpaired) electrons. The van der Waals surface area contributed by atoms with Gasteiger partial charge in [-0.05, 0) is 79.3 Å². The molecule has 1 aromatic heterocycles. The highest BCUT2D eigenvalue weighted by atomic mass is 16.5. The monoisotopic (exact) mass is 538 g/mol. The van der Waals surface area contributed by atoms with Crippen molar-refractivity contribution in [3.8, 4) is 28.6 Å². The zero-order valence-corrected chi connectivity index (χ0v) is 23.9. The maximum absolute atomic E-state index is 11.0. The summed E-state index contributed by atoms with van der Waals surface area (Å²) in [6.07, 6.45) is -1.04. The zero-order chi connectivity index (χ0) is 28.7. The number of carbonyl (C=O) groups excluding carboxylic acids is 1. The van der Waals surface area contributed by atoms with Crippen LogP contribution in [0, 0.1) is 12.8 Å². The quantitative estimate of drug-likeness (QED) is 0.281. The number of amides is 1. The highest BCUT2D eigenvalue weighted by Gasteiger charge is 2.20. The smallest absolute Gasteiger partial charge is 0.258 e. The Morgan fingerprint density at radius 3 is 2.41 bits per heavy atom. The van der Waals surface area contributed by atoms with Gasteiger partial charge >= 0.3 is 0 Å². The zero-order valence-electron chi connectivity index (χ0n) is 23.9. The third-order valence-electron chi connectivity index (χ3n) is 6.61. The topological polar surface area (TPSA) is 135 Å². The van der Waals surface area contributed by atoms with Crippen molar-refractivity contribution >= 4 is 5.91 Å². The van der Waals surface area contributed by atoms with Gasteiger partial charge in [-0.15, -0.1) is 0 Å². The summed E-state index contributed by atoms with van der Waals surface area (Å²) in [7, 11) is 2.15. The molecule has 2 atom stereocenters. The third-order valence-corrected chi connectivity index (χ3v) is 6.61. The van der Waals surface area contributed by atoms with Crippen LogP contribution in [-0.4, -0.2) is 63.6 Å². The van der Waals surface area contributed by atoms with Crippen molar-refractivity contribution in [1.82, 2.24) is 15.0 Å². The Hall–Kier alpha value is -3.27. The minimum atomic E-state index is -1.42. The molecule has 1 amide bonds. The summed E-state index contributed by atoms with van der Waals surface area (Å²) in [5.74, 6) is 1.33. The Bertz CT molecular complexity index is 1260. The van der Waals surface area contributed by atoms with Gasteiger partial charge in [-0.25, -0.2) is 0 Å². The van der Waals surface area contributed by atoms with Crippen molar-refractivity contribution in [3.63, 3.8) is 0 Å². The minimum Gasteiger partial charge on any atom is -0.490 e. The molecule has 0 bridgehead atoms. The predicted octanol–water partition coefficient (Wildman–Crippen LogP) is 3.90. The summed E-state index contributed by atoms with van der Waals surface area (Å²) in [4.78, 5) is 18.1. The van der Waals surface area contributed by atoms with E-state index in [1.807, 2.05) is 32.0 Å². The van der Waals surface area contributed by atoms with Gasteiger partial charge in [0, 0.05) is 30.6 Å². The van der Waals surface area contributed by atoms with Crippen molar-refractivity contribution in [1.29, 1.82) is 0 Å². The van der Waals surface area contributed by atoms with Gasteiger partial charge < -0.3 is 30.1 Å². The Morgan fingerprint density at radius 1 is 1.08 bits per heavy atom. The van der Waals surface area contributed by atoms with Gasteiger partial charge in [0.15, 0.2) is 0 Å². The number of primary amides is 1. The molecule has 1 heterocycles. The lowest BCUT2D eigenvalue weighted by molar-refractivity contribution is -0.127. The van der Waals surface area contributed by atoms with E-state index in [-0.39, 0.29) is 13.0 Å². The number of rotatable bonds is 14. The van der Waals surface area contributed by atoms with Gasteiger partial charge in [-0.1, -0.05) is 38.9 Å². The summed E-state index contributed by atoms with van der Waals surface area (Å²) in [6, 6.07) is 10.2. The number of aromatic nitrogens is 2. The van der Waals surface area contributed by atoms with Crippen LogP contribution in [0.25, 0.3) is 22.8 Å². The Labute approximate surface area is 231 Å². The van der Waals surface area contributed by atoms with E-state index in [4.69, 9.17) is 15.0 Å². The number of ether oxygens (including phenoxy) is 1. The molecule has 0 aliphatic rings. The van der Waals surface area contributed by atoms with Crippen molar-refractivity contribution in [2.75, 3.05) is 20.2 Å². The van der Waals surface area contributed by atoms with Crippen LogP contribution in [-0.2, 0) is 24.2 Å². The second kappa shape index (κ2) is 13.7. The first-order chi connectivity index (χ1) is 18.5. The van der Waals surface area contributed by atoms with E-state index in [9.17, 15) is 15.0 Å². The summed E-state index contributed by atoms with van der Waals surface area (Å²) in [5, 5.41) is 24.0. The molecule has 4 N–H and O–H groups in total.